The SMILES string of the molecule is COc1ccc2c(c1)NC[C@@H](C)c1nnc(-c3ccc(OCC(F)(F)F)nc3)n1-2. The Balaban J connectivity index is 1.72. The summed E-state index contributed by atoms with van der Waals surface area (Å²) in [5.74, 6) is 2.00. The number of benzene rings is 1. The van der Waals surface area contributed by atoms with Crippen LogP contribution in [0.4, 0.5) is 18.9 Å². The van der Waals surface area contributed by atoms with Gasteiger partial charge in [-0.25, -0.2) is 4.98 Å². The molecule has 1 aromatic carbocycles. The lowest BCUT2D eigenvalue weighted by atomic mass is 10.1. The summed E-state index contributed by atoms with van der Waals surface area (Å²) >= 11 is 0. The Bertz CT molecular complexity index is 1020. The number of fused-ring (bicyclic) bond motifs is 3. The smallest absolute Gasteiger partial charge is 0.422 e. The van der Waals surface area contributed by atoms with Crippen molar-refractivity contribution in [3.8, 4) is 28.7 Å². The van der Waals surface area contributed by atoms with Crippen molar-refractivity contribution >= 4 is 5.69 Å². The Hall–Kier alpha value is -3.30. The van der Waals surface area contributed by atoms with Crippen molar-refractivity contribution in [3.05, 3.63) is 42.4 Å². The van der Waals surface area contributed by atoms with Crippen LogP contribution in [0.15, 0.2) is 36.5 Å². The standard InChI is InChI=1S/C19H18F3N5O2/c1-11-8-23-14-7-13(28-2)4-5-15(14)27-17(11)25-26-18(27)12-3-6-16(24-9-12)29-10-19(20,21)22/h3-7,9,11,23H,8,10H2,1-2H3/t11-/m1/s1. The molecule has 1 atom stereocenters. The van der Waals surface area contributed by atoms with Gasteiger partial charge in [0, 0.05) is 36.4 Å². The van der Waals surface area contributed by atoms with Crippen LogP contribution in [0.5, 0.6) is 11.6 Å². The van der Waals surface area contributed by atoms with Crippen LogP contribution >= 0.6 is 0 Å². The maximum atomic E-state index is 12.3. The number of hydrogen-bond acceptors (Lipinski definition) is 6. The summed E-state index contributed by atoms with van der Waals surface area (Å²) in [5.41, 5.74) is 2.33. The molecule has 152 valence electrons. The molecule has 0 bridgehead atoms. The topological polar surface area (TPSA) is 74.1 Å². The zero-order chi connectivity index (χ0) is 20.6. The summed E-state index contributed by atoms with van der Waals surface area (Å²) in [5, 5.41) is 12.0. The quantitative estimate of drug-likeness (QED) is 0.712. The van der Waals surface area contributed by atoms with Gasteiger partial charge < -0.3 is 14.8 Å². The highest BCUT2D eigenvalue weighted by atomic mass is 19.4. The van der Waals surface area contributed by atoms with Gasteiger partial charge in [0.15, 0.2) is 12.4 Å². The fourth-order valence-electron chi connectivity index (χ4n) is 3.13. The van der Waals surface area contributed by atoms with Crippen LogP contribution in [0.25, 0.3) is 17.1 Å². The van der Waals surface area contributed by atoms with E-state index >= 15 is 0 Å². The Labute approximate surface area is 164 Å². The molecule has 3 aromatic rings. The van der Waals surface area contributed by atoms with E-state index < -0.39 is 12.8 Å². The molecule has 0 spiro atoms. The molecule has 0 fully saturated rings. The lowest BCUT2D eigenvalue weighted by Crippen LogP contribution is -2.19. The maximum absolute atomic E-state index is 12.3. The zero-order valence-electron chi connectivity index (χ0n) is 15.7. The lowest BCUT2D eigenvalue weighted by Gasteiger charge is -2.13. The van der Waals surface area contributed by atoms with E-state index in [1.165, 1.54) is 12.3 Å². The molecule has 1 N–H and O–H groups in total. The van der Waals surface area contributed by atoms with E-state index in [-0.39, 0.29) is 11.8 Å². The molecular weight excluding hydrogens is 387 g/mol. The Morgan fingerprint density at radius 1 is 1.21 bits per heavy atom. The molecule has 0 amide bonds. The van der Waals surface area contributed by atoms with Crippen molar-refractivity contribution in [2.45, 2.75) is 19.0 Å². The highest BCUT2D eigenvalue weighted by Crippen LogP contribution is 2.35. The van der Waals surface area contributed by atoms with Crippen molar-refractivity contribution in [3.63, 3.8) is 0 Å². The minimum atomic E-state index is -4.42. The van der Waals surface area contributed by atoms with Gasteiger partial charge >= 0.3 is 6.18 Å². The molecule has 4 rings (SSSR count). The number of anilines is 1. The summed E-state index contributed by atoms with van der Waals surface area (Å²) in [4.78, 5) is 3.97. The zero-order valence-corrected chi connectivity index (χ0v) is 15.7. The normalized spacial score (nSPS) is 15.7. The van der Waals surface area contributed by atoms with E-state index in [1.807, 2.05) is 29.7 Å². The van der Waals surface area contributed by atoms with Gasteiger partial charge in [0.25, 0.3) is 0 Å². The summed E-state index contributed by atoms with van der Waals surface area (Å²) in [6, 6.07) is 8.64. The number of hydrogen-bond donors (Lipinski definition) is 1. The van der Waals surface area contributed by atoms with Crippen LogP contribution < -0.4 is 14.8 Å². The first-order chi connectivity index (χ1) is 13.9. The molecule has 0 saturated carbocycles. The third-order valence-corrected chi connectivity index (χ3v) is 4.55. The number of rotatable bonds is 4. The first-order valence-electron chi connectivity index (χ1n) is 8.89. The van der Waals surface area contributed by atoms with E-state index in [2.05, 4.69) is 25.2 Å². The number of pyridine rings is 1. The molecule has 1 aliphatic heterocycles. The molecule has 2 aromatic heterocycles. The fourth-order valence-corrected chi connectivity index (χ4v) is 3.13. The number of aromatic nitrogens is 4. The predicted octanol–water partition coefficient (Wildman–Crippen LogP) is 3.81. The number of ether oxygens (including phenoxy) is 2. The van der Waals surface area contributed by atoms with Crippen LogP contribution in [-0.4, -0.2) is 46.2 Å². The highest BCUT2D eigenvalue weighted by molar-refractivity contribution is 5.69. The number of nitrogens with zero attached hydrogens (tertiary/aromatic N) is 4. The monoisotopic (exact) mass is 405 g/mol. The molecular formula is C19H18F3N5O2. The summed E-state index contributed by atoms with van der Waals surface area (Å²) in [7, 11) is 1.60. The summed E-state index contributed by atoms with van der Waals surface area (Å²) in [6.07, 6.45) is -2.99. The largest absolute Gasteiger partial charge is 0.497 e. The van der Waals surface area contributed by atoms with Gasteiger partial charge in [-0.3, -0.25) is 4.57 Å². The second kappa shape index (κ2) is 7.26. The van der Waals surface area contributed by atoms with Crippen molar-refractivity contribution in [2.75, 3.05) is 25.6 Å². The third-order valence-electron chi connectivity index (χ3n) is 4.55. The predicted molar refractivity (Wildman–Crippen MR) is 99.6 cm³/mol. The second-order valence-corrected chi connectivity index (χ2v) is 6.67. The summed E-state index contributed by atoms with van der Waals surface area (Å²) < 4.78 is 48.8. The molecule has 1 aliphatic rings. The van der Waals surface area contributed by atoms with Gasteiger partial charge in [-0.05, 0) is 18.2 Å². The first kappa shape index (κ1) is 19.0. The Morgan fingerprint density at radius 3 is 2.72 bits per heavy atom. The van der Waals surface area contributed by atoms with Gasteiger partial charge in [-0.15, -0.1) is 10.2 Å². The maximum Gasteiger partial charge on any atom is 0.422 e. The van der Waals surface area contributed by atoms with Crippen molar-refractivity contribution in [1.82, 2.24) is 19.7 Å². The minimum Gasteiger partial charge on any atom is -0.497 e. The third kappa shape index (κ3) is 3.82. The second-order valence-electron chi connectivity index (χ2n) is 6.67. The molecule has 10 heteroatoms. The van der Waals surface area contributed by atoms with Crippen LogP contribution in [0.2, 0.25) is 0 Å². The van der Waals surface area contributed by atoms with E-state index in [9.17, 15) is 13.2 Å². The number of nitrogens with one attached hydrogen (secondary N) is 1. The van der Waals surface area contributed by atoms with Crippen LogP contribution in [-0.2, 0) is 0 Å². The van der Waals surface area contributed by atoms with Gasteiger partial charge in [0.2, 0.25) is 5.88 Å². The average molecular weight is 405 g/mol. The van der Waals surface area contributed by atoms with E-state index in [0.717, 1.165) is 22.9 Å². The van der Waals surface area contributed by atoms with E-state index in [1.54, 1.807) is 13.2 Å². The van der Waals surface area contributed by atoms with Gasteiger partial charge in [0.05, 0.1) is 18.5 Å². The van der Waals surface area contributed by atoms with E-state index in [0.29, 0.717) is 17.9 Å². The Kier molecular flexibility index (Phi) is 4.77. The van der Waals surface area contributed by atoms with Crippen molar-refractivity contribution in [2.24, 2.45) is 0 Å². The van der Waals surface area contributed by atoms with Crippen LogP contribution in [0.3, 0.4) is 0 Å². The molecule has 29 heavy (non-hydrogen) atoms. The first-order valence-corrected chi connectivity index (χ1v) is 8.89. The fraction of sp³-hybridized carbons (Fsp3) is 0.316. The molecule has 7 nitrogen and oxygen atoms in total. The summed E-state index contributed by atoms with van der Waals surface area (Å²) in [6.45, 7) is 1.31. The molecule has 0 aliphatic carbocycles. The molecule has 0 radical (unpaired) electrons. The van der Waals surface area contributed by atoms with Gasteiger partial charge in [-0.2, -0.15) is 13.2 Å². The Morgan fingerprint density at radius 2 is 2.03 bits per heavy atom. The molecule has 0 unspecified atom stereocenters. The highest BCUT2D eigenvalue weighted by Gasteiger charge is 2.29. The van der Waals surface area contributed by atoms with Crippen molar-refractivity contribution in [1.29, 1.82) is 0 Å². The molecule has 3 heterocycles. The number of alkyl halides is 3. The van der Waals surface area contributed by atoms with Gasteiger partial charge in [-0.1, -0.05) is 6.92 Å². The number of halogens is 3. The van der Waals surface area contributed by atoms with Crippen LogP contribution in [0, 0.1) is 0 Å². The van der Waals surface area contributed by atoms with Gasteiger partial charge in [0.1, 0.15) is 11.6 Å². The van der Waals surface area contributed by atoms with Crippen molar-refractivity contribution < 1.29 is 22.6 Å². The van der Waals surface area contributed by atoms with E-state index in [4.69, 9.17) is 4.74 Å². The number of methoxy groups -OCH3 is 1. The minimum absolute atomic E-state index is 0.0806. The molecule has 0 saturated heterocycles. The van der Waals surface area contributed by atoms with Crippen LogP contribution in [0.1, 0.15) is 18.7 Å². The average Bonchev–Trinajstić information content (AvgIpc) is 3.09. The lowest BCUT2D eigenvalue weighted by molar-refractivity contribution is -0.154.